The Balaban J connectivity index is 2.14. The topological polar surface area (TPSA) is 130 Å². The minimum Gasteiger partial charge on any atom is -0.478 e. The lowest BCUT2D eigenvalue weighted by Gasteiger charge is -2.08. The van der Waals surface area contributed by atoms with Gasteiger partial charge in [-0.3, -0.25) is 9.59 Å². The predicted molar refractivity (Wildman–Crippen MR) is 103 cm³/mol. The van der Waals surface area contributed by atoms with Gasteiger partial charge in [0.15, 0.2) is 0 Å². The first kappa shape index (κ1) is 20.8. The molecule has 0 spiro atoms. The Kier molecular flexibility index (Phi) is 6.67. The zero-order valence-corrected chi connectivity index (χ0v) is 15.7. The van der Waals surface area contributed by atoms with E-state index >= 15 is 0 Å². The van der Waals surface area contributed by atoms with Crippen LogP contribution in [0.25, 0.3) is 0 Å². The van der Waals surface area contributed by atoms with Crippen molar-refractivity contribution >= 4 is 39.0 Å². The molecule has 0 radical (unpaired) electrons. The molecule has 2 aromatic rings. The molecule has 2 amide bonds. The fourth-order valence-corrected chi connectivity index (χ4v) is 3.41. The number of carboxylic acid groups (broad SMARTS) is 1. The van der Waals surface area contributed by atoms with E-state index in [1.165, 1.54) is 48.5 Å². The smallest absolute Gasteiger partial charge is 0.328 e. The Labute approximate surface area is 161 Å². The second kappa shape index (κ2) is 8.96. The Bertz CT molecular complexity index is 1010. The summed E-state index contributed by atoms with van der Waals surface area (Å²) in [6, 6.07) is 11.3. The number of nitrogens with one attached hydrogen (secondary N) is 2. The largest absolute Gasteiger partial charge is 0.478 e. The molecule has 0 heterocycles. The van der Waals surface area contributed by atoms with Gasteiger partial charge in [-0.25, -0.2) is 13.2 Å². The van der Waals surface area contributed by atoms with Crippen LogP contribution in [-0.2, 0) is 24.2 Å². The molecule has 0 bridgehead atoms. The maximum absolute atomic E-state index is 12.7. The summed E-state index contributed by atoms with van der Waals surface area (Å²) in [5, 5.41) is 13.5. The number of benzene rings is 2. The molecule has 9 heteroatoms. The quantitative estimate of drug-likeness (QED) is 0.610. The van der Waals surface area contributed by atoms with Gasteiger partial charge in [-0.15, -0.1) is 0 Å². The van der Waals surface area contributed by atoms with Gasteiger partial charge in [-0.1, -0.05) is 6.92 Å². The zero-order chi connectivity index (χ0) is 20.7. The zero-order valence-electron chi connectivity index (χ0n) is 14.9. The summed E-state index contributed by atoms with van der Waals surface area (Å²) < 4.78 is 25.4. The number of amides is 2. The van der Waals surface area contributed by atoms with Crippen molar-refractivity contribution in [3.05, 3.63) is 60.7 Å². The summed E-state index contributed by atoms with van der Waals surface area (Å²) >= 11 is 0. The van der Waals surface area contributed by atoms with Crippen LogP contribution in [0.5, 0.6) is 0 Å². The van der Waals surface area contributed by atoms with Gasteiger partial charge in [0.05, 0.1) is 9.79 Å². The van der Waals surface area contributed by atoms with Crippen LogP contribution in [-0.4, -0.2) is 31.3 Å². The van der Waals surface area contributed by atoms with Gasteiger partial charge in [0.25, 0.3) is 0 Å². The first-order chi connectivity index (χ1) is 13.2. The molecule has 0 saturated heterocycles. The number of carbonyl (C=O) groups excluding carboxylic acids is 2. The highest BCUT2D eigenvalue weighted by Gasteiger charge is 2.17. The maximum Gasteiger partial charge on any atom is 0.328 e. The summed E-state index contributed by atoms with van der Waals surface area (Å²) in [7, 11) is -3.77. The van der Waals surface area contributed by atoms with Gasteiger partial charge in [-0.05, 0) is 48.5 Å². The molecule has 0 aliphatic heterocycles. The predicted octanol–water partition coefficient (Wildman–Crippen LogP) is 2.45. The van der Waals surface area contributed by atoms with Crippen molar-refractivity contribution in [3.8, 4) is 0 Å². The number of anilines is 2. The molecular formula is C19H18N2O6S. The van der Waals surface area contributed by atoms with Crippen LogP contribution in [0.3, 0.4) is 0 Å². The highest BCUT2D eigenvalue weighted by atomic mass is 32.2. The number of hydrogen-bond donors (Lipinski definition) is 3. The molecule has 2 rings (SSSR count). The van der Waals surface area contributed by atoms with Gasteiger partial charge >= 0.3 is 5.97 Å². The molecule has 0 unspecified atom stereocenters. The van der Waals surface area contributed by atoms with Crippen LogP contribution in [0.2, 0.25) is 0 Å². The fourth-order valence-electron chi connectivity index (χ4n) is 2.15. The number of rotatable bonds is 7. The summed E-state index contributed by atoms with van der Waals surface area (Å²) in [5.41, 5.74) is 0.815. The molecule has 28 heavy (non-hydrogen) atoms. The first-order valence-corrected chi connectivity index (χ1v) is 9.67. The van der Waals surface area contributed by atoms with E-state index in [2.05, 4.69) is 10.6 Å². The van der Waals surface area contributed by atoms with E-state index < -0.39 is 21.7 Å². The molecule has 0 fully saturated rings. The average molecular weight is 402 g/mol. The van der Waals surface area contributed by atoms with E-state index in [4.69, 9.17) is 5.11 Å². The standard InChI is InChI=1S/C19H18N2O6S/c1-2-17(22)20-13-3-7-15(8-4-13)28(26,27)16-9-5-14(6-10-16)21-18(23)11-12-19(24)25/h3-12H,2H2,1H3,(H,20,22)(H,21,23)(H,24,25)/b12-11+. The highest BCUT2D eigenvalue weighted by molar-refractivity contribution is 7.91. The van der Waals surface area contributed by atoms with Crippen LogP contribution in [0, 0.1) is 0 Å². The maximum atomic E-state index is 12.7. The SMILES string of the molecule is CCC(=O)Nc1ccc(S(=O)(=O)c2ccc(NC(=O)/C=C/C(=O)O)cc2)cc1. The molecule has 0 aliphatic carbocycles. The lowest BCUT2D eigenvalue weighted by atomic mass is 10.3. The number of hydrogen-bond acceptors (Lipinski definition) is 5. The third-order valence-electron chi connectivity index (χ3n) is 3.58. The van der Waals surface area contributed by atoms with Crippen molar-refractivity contribution in [3.63, 3.8) is 0 Å². The summed E-state index contributed by atoms with van der Waals surface area (Å²) in [4.78, 5) is 33.4. The van der Waals surface area contributed by atoms with E-state index in [0.717, 1.165) is 6.08 Å². The summed E-state index contributed by atoms with van der Waals surface area (Å²) in [6.45, 7) is 1.71. The van der Waals surface area contributed by atoms with Crippen molar-refractivity contribution in [1.29, 1.82) is 0 Å². The van der Waals surface area contributed by atoms with Crippen LogP contribution >= 0.6 is 0 Å². The molecule has 8 nitrogen and oxygen atoms in total. The number of carboxylic acids is 1. The fraction of sp³-hybridized carbons (Fsp3) is 0.105. The molecule has 3 N–H and O–H groups in total. The van der Waals surface area contributed by atoms with E-state index in [0.29, 0.717) is 23.9 Å². The van der Waals surface area contributed by atoms with Crippen LogP contribution in [0.15, 0.2) is 70.5 Å². The minimum atomic E-state index is -3.77. The van der Waals surface area contributed by atoms with Gasteiger partial charge < -0.3 is 15.7 Å². The van der Waals surface area contributed by atoms with Crippen LogP contribution in [0.4, 0.5) is 11.4 Å². The second-order valence-electron chi connectivity index (χ2n) is 5.61. The normalized spacial score (nSPS) is 11.2. The van der Waals surface area contributed by atoms with Gasteiger partial charge in [-0.2, -0.15) is 0 Å². The Hall–Kier alpha value is -3.46. The van der Waals surface area contributed by atoms with Crippen LogP contribution < -0.4 is 10.6 Å². The number of carbonyl (C=O) groups is 3. The molecule has 0 atom stereocenters. The van der Waals surface area contributed by atoms with E-state index in [-0.39, 0.29) is 15.7 Å². The molecule has 2 aromatic carbocycles. The lowest BCUT2D eigenvalue weighted by molar-refractivity contribution is -0.131. The molecular weight excluding hydrogens is 384 g/mol. The van der Waals surface area contributed by atoms with Gasteiger partial charge in [0.2, 0.25) is 21.7 Å². The Morgan fingerprint density at radius 3 is 1.75 bits per heavy atom. The Morgan fingerprint density at radius 2 is 1.32 bits per heavy atom. The molecule has 0 saturated carbocycles. The molecule has 146 valence electrons. The van der Waals surface area contributed by atoms with Gasteiger partial charge in [0, 0.05) is 29.9 Å². The van der Waals surface area contributed by atoms with Crippen molar-refractivity contribution in [2.45, 2.75) is 23.1 Å². The van der Waals surface area contributed by atoms with E-state index in [1.807, 2.05) is 0 Å². The third-order valence-corrected chi connectivity index (χ3v) is 5.36. The lowest BCUT2D eigenvalue weighted by Crippen LogP contribution is -2.10. The number of sulfone groups is 1. The van der Waals surface area contributed by atoms with Gasteiger partial charge in [0.1, 0.15) is 0 Å². The van der Waals surface area contributed by atoms with Crippen LogP contribution in [0.1, 0.15) is 13.3 Å². The van der Waals surface area contributed by atoms with E-state index in [1.54, 1.807) is 6.92 Å². The monoisotopic (exact) mass is 402 g/mol. The highest BCUT2D eigenvalue weighted by Crippen LogP contribution is 2.23. The van der Waals surface area contributed by atoms with Crippen molar-refractivity contribution < 1.29 is 27.9 Å². The van der Waals surface area contributed by atoms with Crippen molar-refractivity contribution in [2.75, 3.05) is 10.6 Å². The first-order valence-electron chi connectivity index (χ1n) is 8.19. The summed E-state index contributed by atoms with van der Waals surface area (Å²) in [6.07, 6.45) is 1.86. The Morgan fingerprint density at radius 1 is 0.857 bits per heavy atom. The molecule has 0 aliphatic rings. The number of aliphatic carboxylic acids is 1. The molecule has 0 aromatic heterocycles. The van der Waals surface area contributed by atoms with Crippen molar-refractivity contribution in [1.82, 2.24) is 0 Å². The third kappa shape index (κ3) is 5.52. The van der Waals surface area contributed by atoms with Crippen molar-refractivity contribution in [2.24, 2.45) is 0 Å². The summed E-state index contributed by atoms with van der Waals surface area (Å²) in [5.74, 6) is -2.08. The van der Waals surface area contributed by atoms with E-state index in [9.17, 15) is 22.8 Å². The minimum absolute atomic E-state index is 0.0249. The average Bonchev–Trinajstić information content (AvgIpc) is 2.67. The second-order valence-corrected chi connectivity index (χ2v) is 7.56.